The van der Waals surface area contributed by atoms with Gasteiger partial charge in [0.15, 0.2) is 0 Å². The van der Waals surface area contributed by atoms with Gasteiger partial charge >= 0.3 is 0 Å². The molecule has 1 saturated heterocycles. The van der Waals surface area contributed by atoms with Crippen LogP contribution >= 0.6 is 11.8 Å². The minimum absolute atomic E-state index is 0.119. The molecule has 0 aromatic heterocycles. The molecule has 3 nitrogen and oxygen atoms in total. The first-order valence-corrected chi connectivity index (χ1v) is 9.94. The van der Waals surface area contributed by atoms with Crippen molar-refractivity contribution in [3.8, 4) is 0 Å². The number of carbonyl (C=O) groups is 1. The maximum Gasteiger partial charge on any atom is 0.240 e. The summed E-state index contributed by atoms with van der Waals surface area (Å²) in [5, 5.41) is -0.325. The number of benzene rings is 2. The van der Waals surface area contributed by atoms with E-state index in [2.05, 4.69) is 0 Å². The summed E-state index contributed by atoms with van der Waals surface area (Å²) in [7, 11) is 0. The van der Waals surface area contributed by atoms with Crippen LogP contribution in [-0.2, 0) is 4.79 Å². The number of piperidine rings is 1. The normalized spacial score (nSPS) is 17.7. The van der Waals surface area contributed by atoms with Crippen molar-refractivity contribution in [1.29, 1.82) is 0 Å². The molecule has 1 aliphatic rings. The summed E-state index contributed by atoms with van der Waals surface area (Å²) in [6.45, 7) is 3.54. The number of amides is 1. The van der Waals surface area contributed by atoms with E-state index in [1.54, 1.807) is 12.1 Å². The van der Waals surface area contributed by atoms with Crippen LogP contribution in [0.2, 0.25) is 0 Å². The van der Waals surface area contributed by atoms with Crippen LogP contribution in [0.25, 0.3) is 0 Å². The van der Waals surface area contributed by atoms with E-state index in [1.807, 2.05) is 42.2 Å². The molecule has 0 radical (unpaired) electrons. The number of nitrogens with zero attached hydrogens (tertiary/aromatic N) is 1. The highest BCUT2D eigenvalue weighted by Gasteiger charge is 2.30. The van der Waals surface area contributed by atoms with Crippen molar-refractivity contribution in [3.63, 3.8) is 0 Å². The van der Waals surface area contributed by atoms with Gasteiger partial charge in [0.05, 0.1) is 0 Å². The zero-order valence-electron chi connectivity index (χ0n) is 15.0. The van der Waals surface area contributed by atoms with Crippen LogP contribution in [0.15, 0.2) is 59.5 Å². The summed E-state index contributed by atoms with van der Waals surface area (Å²) in [4.78, 5) is 16.1. The molecule has 0 spiro atoms. The van der Waals surface area contributed by atoms with E-state index in [1.165, 1.54) is 23.9 Å². The maximum atomic E-state index is 13.2. The SMILES string of the molecule is CC(N)C1CCN(C(=O)C(Sc2ccc(F)cc2)c2ccccc2)CC1. The minimum atomic E-state index is -0.325. The van der Waals surface area contributed by atoms with Crippen LogP contribution < -0.4 is 5.73 Å². The number of hydrogen-bond acceptors (Lipinski definition) is 3. The Morgan fingerprint density at radius 3 is 2.31 bits per heavy atom. The molecule has 1 aliphatic heterocycles. The Morgan fingerprint density at radius 2 is 1.73 bits per heavy atom. The lowest BCUT2D eigenvalue weighted by Gasteiger charge is -2.35. The molecule has 2 aromatic rings. The van der Waals surface area contributed by atoms with Gasteiger partial charge in [-0.25, -0.2) is 4.39 Å². The Morgan fingerprint density at radius 1 is 1.12 bits per heavy atom. The quantitative estimate of drug-likeness (QED) is 0.799. The molecule has 1 fully saturated rings. The van der Waals surface area contributed by atoms with Crippen molar-refractivity contribution in [2.24, 2.45) is 11.7 Å². The van der Waals surface area contributed by atoms with Crippen molar-refractivity contribution in [3.05, 3.63) is 66.0 Å². The van der Waals surface area contributed by atoms with E-state index in [0.29, 0.717) is 5.92 Å². The Kier molecular flexibility index (Phi) is 6.33. The average Bonchev–Trinajstić information content (AvgIpc) is 2.68. The van der Waals surface area contributed by atoms with Gasteiger partial charge in [-0.15, -0.1) is 11.8 Å². The first-order chi connectivity index (χ1) is 12.5. The summed E-state index contributed by atoms with van der Waals surface area (Å²) in [6.07, 6.45) is 1.90. The topological polar surface area (TPSA) is 46.3 Å². The number of carbonyl (C=O) groups excluding carboxylic acids is 1. The molecule has 2 atom stereocenters. The van der Waals surface area contributed by atoms with Crippen LogP contribution in [0.5, 0.6) is 0 Å². The third-order valence-corrected chi connectivity index (χ3v) is 6.24. The van der Waals surface area contributed by atoms with E-state index >= 15 is 0 Å². The van der Waals surface area contributed by atoms with Gasteiger partial charge in [-0.3, -0.25) is 4.79 Å². The minimum Gasteiger partial charge on any atom is -0.341 e. The highest BCUT2D eigenvalue weighted by atomic mass is 32.2. The maximum absolute atomic E-state index is 13.2. The highest BCUT2D eigenvalue weighted by molar-refractivity contribution is 8.00. The van der Waals surface area contributed by atoms with Gasteiger partial charge in [-0.2, -0.15) is 0 Å². The van der Waals surface area contributed by atoms with Crippen molar-refractivity contribution in [2.75, 3.05) is 13.1 Å². The zero-order valence-corrected chi connectivity index (χ0v) is 15.8. The Bertz CT molecular complexity index is 713. The first-order valence-electron chi connectivity index (χ1n) is 9.06. The lowest BCUT2D eigenvalue weighted by molar-refractivity contribution is -0.132. The third-order valence-electron chi connectivity index (χ3n) is 4.99. The van der Waals surface area contributed by atoms with Gasteiger partial charge in [-0.1, -0.05) is 30.3 Å². The molecule has 0 aliphatic carbocycles. The summed E-state index contributed by atoms with van der Waals surface area (Å²) >= 11 is 1.48. The van der Waals surface area contributed by atoms with Gasteiger partial charge in [0.25, 0.3) is 0 Å². The van der Waals surface area contributed by atoms with Crippen LogP contribution in [0.3, 0.4) is 0 Å². The Labute approximate surface area is 158 Å². The van der Waals surface area contributed by atoms with Gasteiger partial charge < -0.3 is 10.6 Å². The molecule has 5 heteroatoms. The molecule has 26 heavy (non-hydrogen) atoms. The van der Waals surface area contributed by atoms with Gasteiger partial charge in [-0.05, 0) is 55.5 Å². The van der Waals surface area contributed by atoms with Crippen LogP contribution in [0, 0.1) is 11.7 Å². The van der Waals surface area contributed by atoms with Crippen LogP contribution in [0.4, 0.5) is 4.39 Å². The Balaban J connectivity index is 1.77. The molecular formula is C21H25FN2OS. The average molecular weight is 373 g/mol. The number of rotatable bonds is 5. The monoisotopic (exact) mass is 372 g/mol. The van der Waals surface area contributed by atoms with Crippen molar-refractivity contribution >= 4 is 17.7 Å². The van der Waals surface area contributed by atoms with Crippen molar-refractivity contribution < 1.29 is 9.18 Å². The second-order valence-corrected chi connectivity index (χ2v) is 8.06. The van der Waals surface area contributed by atoms with Gasteiger partial charge in [0, 0.05) is 24.0 Å². The van der Waals surface area contributed by atoms with Gasteiger partial charge in [0.1, 0.15) is 11.1 Å². The number of halogens is 1. The summed E-state index contributed by atoms with van der Waals surface area (Å²) in [5.74, 6) is 0.336. The summed E-state index contributed by atoms with van der Waals surface area (Å²) < 4.78 is 13.2. The zero-order chi connectivity index (χ0) is 18.5. The van der Waals surface area contributed by atoms with Crippen LogP contribution in [0.1, 0.15) is 30.6 Å². The fourth-order valence-electron chi connectivity index (χ4n) is 3.35. The molecule has 3 rings (SSSR count). The molecular weight excluding hydrogens is 347 g/mol. The summed E-state index contributed by atoms with van der Waals surface area (Å²) in [6, 6.07) is 16.3. The second kappa shape index (κ2) is 8.69. The lowest BCUT2D eigenvalue weighted by atomic mass is 9.90. The first kappa shape index (κ1) is 18.9. The standard InChI is InChI=1S/C21H25FN2OS/c1-15(23)16-11-13-24(14-12-16)21(25)20(17-5-3-2-4-6-17)26-19-9-7-18(22)8-10-19/h2-10,15-16,20H,11-14,23H2,1H3. The molecule has 1 heterocycles. The number of nitrogens with two attached hydrogens (primary N) is 1. The lowest BCUT2D eigenvalue weighted by Crippen LogP contribution is -2.43. The van der Waals surface area contributed by atoms with Crippen LogP contribution in [-0.4, -0.2) is 29.9 Å². The molecule has 2 unspecified atom stereocenters. The van der Waals surface area contributed by atoms with Crippen molar-refractivity contribution in [2.45, 2.75) is 36.0 Å². The van der Waals surface area contributed by atoms with E-state index in [9.17, 15) is 9.18 Å². The van der Waals surface area contributed by atoms with E-state index in [4.69, 9.17) is 5.73 Å². The second-order valence-electron chi connectivity index (χ2n) is 6.88. The summed E-state index contributed by atoms with van der Waals surface area (Å²) in [5.41, 5.74) is 6.99. The number of likely N-dealkylation sites (tertiary alicyclic amines) is 1. The number of hydrogen-bond donors (Lipinski definition) is 1. The smallest absolute Gasteiger partial charge is 0.240 e. The number of thioether (sulfide) groups is 1. The molecule has 0 saturated carbocycles. The predicted molar refractivity (Wildman–Crippen MR) is 104 cm³/mol. The third kappa shape index (κ3) is 4.65. The fraction of sp³-hybridized carbons (Fsp3) is 0.381. The molecule has 2 N–H and O–H groups in total. The molecule has 2 aromatic carbocycles. The Hall–Kier alpha value is -1.85. The van der Waals surface area contributed by atoms with Gasteiger partial charge in [0.2, 0.25) is 5.91 Å². The molecule has 1 amide bonds. The highest BCUT2D eigenvalue weighted by Crippen LogP contribution is 2.37. The van der Waals surface area contributed by atoms with E-state index in [-0.39, 0.29) is 23.0 Å². The van der Waals surface area contributed by atoms with E-state index in [0.717, 1.165) is 36.4 Å². The molecule has 138 valence electrons. The van der Waals surface area contributed by atoms with Crippen molar-refractivity contribution in [1.82, 2.24) is 4.90 Å². The van der Waals surface area contributed by atoms with E-state index < -0.39 is 0 Å². The molecule has 0 bridgehead atoms. The largest absolute Gasteiger partial charge is 0.341 e. The fourth-order valence-corrected chi connectivity index (χ4v) is 4.46. The predicted octanol–water partition coefficient (Wildman–Crippen LogP) is 4.24.